The van der Waals surface area contributed by atoms with Crippen molar-refractivity contribution in [3.63, 3.8) is 0 Å². The molecule has 0 fully saturated rings. The van der Waals surface area contributed by atoms with Gasteiger partial charge in [0.05, 0.1) is 42.8 Å². The number of nitrogens with one attached hydrogen (secondary N) is 1. The number of hydrogen-bond acceptors (Lipinski definition) is 5. The second kappa shape index (κ2) is 9.86. The van der Waals surface area contributed by atoms with Crippen LogP contribution < -0.4 is 19.1 Å². The van der Waals surface area contributed by atoms with E-state index < -0.39 is 45.9 Å². The van der Waals surface area contributed by atoms with Crippen LogP contribution in [0.25, 0.3) is 0 Å². The maximum absolute atomic E-state index is 13.1. The second-order valence-corrected chi connectivity index (χ2v) is 9.15. The topological polar surface area (TPSA) is 84.9 Å². The van der Waals surface area contributed by atoms with Crippen molar-refractivity contribution in [1.29, 1.82) is 0 Å². The van der Waals surface area contributed by atoms with Crippen LogP contribution >= 0.6 is 11.6 Å². The van der Waals surface area contributed by atoms with E-state index in [1.807, 2.05) is 0 Å². The maximum atomic E-state index is 13.1. The van der Waals surface area contributed by atoms with Gasteiger partial charge in [-0.05, 0) is 42.8 Å². The molecule has 1 N–H and O–H groups in total. The van der Waals surface area contributed by atoms with Crippen molar-refractivity contribution in [3.05, 3.63) is 52.5 Å². The number of alkyl halides is 3. The van der Waals surface area contributed by atoms with E-state index in [0.717, 1.165) is 18.4 Å². The monoisotopic (exact) mass is 494 g/mol. The molecular weight excluding hydrogens is 473 g/mol. The van der Waals surface area contributed by atoms with E-state index in [9.17, 15) is 26.4 Å². The highest BCUT2D eigenvalue weighted by Gasteiger charge is 2.33. The Hall–Kier alpha value is -2.66. The molecule has 7 nitrogen and oxygen atoms in total. The summed E-state index contributed by atoms with van der Waals surface area (Å²) in [6, 6.07) is 6.65. The largest absolute Gasteiger partial charge is 0.493 e. The number of halogens is 4. The first-order valence-corrected chi connectivity index (χ1v) is 11.4. The molecule has 2 rings (SSSR count). The molecule has 2 aromatic carbocycles. The SMILES string of the molecule is COc1ccc([C@H](C)NC(=O)CN(c2cc(C(F)(F)F)ccc2Cl)S(C)(=O)=O)cc1OC. The summed E-state index contributed by atoms with van der Waals surface area (Å²) in [7, 11) is -1.21. The lowest BCUT2D eigenvalue weighted by Gasteiger charge is -2.25. The zero-order chi connectivity index (χ0) is 24.3. The van der Waals surface area contributed by atoms with Crippen LogP contribution in [0.3, 0.4) is 0 Å². The van der Waals surface area contributed by atoms with Gasteiger partial charge in [-0.2, -0.15) is 13.2 Å². The molecule has 12 heteroatoms. The molecule has 0 aliphatic rings. The highest BCUT2D eigenvalue weighted by molar-refractivity contribution is 7.92. The van der Waals surface area contributed by atoms with Gasteiger partial charge < -0.3 is 14.8 Å². The molecule has 0 aliphatic heterocycles. The van der Waals surface area contributed by atoms with Crippen LogP contribution in [0.1, 0.15) is 24.1 Å². The third-order valence-electron chi connectivity index (χ3n) is 4.51. The number of rotatable bonds is 8. The van der Waals surface area contributed by atoms with Gasteiger partial charge in [0.15, 0.2) is 11.5 Å². The van der Waals surface area contributed by atoms with E-state index in [1.54, 1.807) is 25.1 Å². The van der Waals surface area contributed by atoms with Crippen molar-refractivity contribution in [2.75, 3.05) is 31.3 Å². The Balaban J connectivity index is 2.29. The Morgan fingerprint density at radius 3 is 2.28 bits per heavy atom. The van der Waals surface area contributed by atoms with Crippen LogP contribution in [0.2, 0.25) is 5.02 Å². The zero-order valence-electron chi connectivity index (χ0n) is 17.7. The van der Waals surface area contributed by atoms with Gasteiger partial charge in [0.2, 0.25) is 15.9 Å². The van der Waals surface area contributed by atoms with E-state index in [2.05, 4.69) is 5.32 Å². The molecule has 0 aliphatic carbocycles. The number of anilines is 1. The average Bonchev–Trinajstić information content (AvgIpc) is 2.70. The van der Waals surface area contributed by atoms with Gasteiger partial charge >= 0.3 is 6.18 Å². The van der Waals surface area contributed by atoms with E-state index in [0.29, 0.717) is 27.4 Å². The van der Waals surface area contributed by atoms with Gasteiger partial charge in [0, 0.05) is 0 Å². The summed E-state index contributed by atoms with van der Waals surface area (Å²) >= 11 is 5.96. The van der Waals surface area contributed by atoms with E-state index in [1.165, 1.54) is 14.2 Å². The molecule has 0 aromatic heterocycles. The van der Waals surface area contributed by atoms with Crippen LogP contribution in [0, 0.1) is 0 Å². The van der Waals surface area contributed by atoms with Crippen molar-refractivity contribution >= 4 is 33.2 Å². The first kappa shape index (κ1) is 25.6. The molecule has 1 atom stereocenters. The minimum absolute atomic E-state index is 0.246. The summed E-state index contributed by atoms with van der Waals surface area (Å²) in [5.41, 5.74) is -0.901. The molecule has 0 radical (unpaired) electrons. The molecular formula is C20H22ClF3N2O5S. The van der Waals surface area contributed by atoms with Gasteiger partial charge in [-0.25, -0.2) is 8.42 Å². The average molecular weight is 495 g/mol. The fourth-order valence-corrected chi connectivity index (χ4v) is 4.01. The highest BCUT2D eigenvalue weighted by atomic mass is 35.5. The minimum atomic E-state index is -4.72. The standard InChI is InChI=1S/C20H22ClF3N2O5S/c1-12(13-5-8-17(30-2)18(9-13)31-3)25-19(27)11-26(32(4,28)29)16-10-14(20(22,23)24)6-7-15(16)21/h5-10,12H,11H2,1-4H3,(H,25,27)/t12-/m0/s1. The highest BCUT2D eigenvalue weighted by Crippen LogP contribution is 2.36. The quantitative estimate of drug-likeness (QED) is 0.599. The van der Waals surface area contributed by atoms with Crippen LogP contribution in [0.4, 0.5) is 18.9 Å². The first-order valence-electron chi connectivity index (χ1n) is 9.13. The molecule has 32 heavy (non-hydrogen) atoms. The Morgan fingerprint density at radius 1 is 1.12 bits per heavy atom. The predicted octanol–water partition coefficient (Wildman–Crippen LogP) is 4.02. The number of ether oxygens (including phenoxy) is 2. The van der Waals surface area contributed by atoms with E-state index in [4.69, 9.17) is 21.1 Å². The number of carbonyl (C=O) groups is 1. The number of methoxy groups -OCH3 is 2. The smallest absolute Gasteiger partial charge is 0.416 e. The van der Waals surface area contributed by atoms with E-state index in [-0.39, 0.29) is 5.02 Å². The minimum Gasteiger partial charge on any atom is -0.493 e. The third-order valence-corrected chi connectivity index (χ3v) is 5.96. The fourth-order valence-electron chi connectivity index (χ4n) is 2.88. The summed E-state index contributed by atoms with van der Waals surface area (Å²) in [6.07, 6.45) is -3.94. The Bertz CT molecular complexity index is 1090. The van der Waals surface area contributed by atoms with Crippen LogP contribution in [0.15, 0.2) is 36.4 Å². The molecule has 0 unspecified atom stereocenters. The summed E-state index contributed by atoms with van der Waals surface area (Å²) in [5.74, 6) is 0.169. The summed E-state index contributed by atoms with van der Waals surface area (Å²) in [4.78, 5) is 12.6. The lowest BCUT2D eigenvalue weighted by molar-refractivity contribution is -0.137. The Labute approximate surface area is 189 Å². The number of carbonyl (C=O) groups excluding carboxylic acids is 1. The van der Waals surface area contributed by atoms with Gasteiger partial charge in [0.1, 0.15) is 6.54 Å². The number of sulfonamides is 1. The second-order valence-electron chi connectivity index (χ2n) is 6.84. The van der Waals surface area contributed by atoms with Gasteiger partial charge in [-0.1, -0.05) is 17.7 Å². The lowest BCUT2D eigenvalue weighted by Crippen LogP contribution is -2.41. The normalized spacial score (nSPS) is 12.8. The number of hydrogen-bond donors (Lipinski definition) is 1. The molecule has 0 heterocycles. The van der Waals surface area contributed by atoms with Crippen LogP contribution in [-0.4, -0.2) is 41.3 Å². The molecule has 0 bridgehead atoms. The molecule has 2 aromatic rings. The van der Waals surface area contributed by atoms with E-state index >= 15 is 0 Å². The molecule has 0 saturated heterocycles. The van der Waals surface area contributed by atoms with Gasteiger partial charge in [-0.3, -0.25) is 9.10 Å². The summed E-state index contributed by atoms with van der Waals surface area (Å²) in [6.45, 7) is 0.888. The number of amides is 1. The van der Waals surface area contributed by atoms with Crippen molar-refractivity contribution in [1.82, 2.24) is 5.32 Å². The van der Waals surface area contributed by atoms with Crippen LogP contribution in [-0.2, 0) is 21.0 Å². The molecule has 1 amide bonds. The number of benzene rings is 2. The lowest BCUT2D eigenvalue weighted by atomic mass is 10.1. The Morgan fingerprint density at radius 2 is 1.75 bits per heavy atom. The summed E-state index contributed by atoms with van der Waals surface area (Å²) < 4.78 is 74.7. The van der Waals surface area contributed by atoms with Crippen molar-refractivity contribution in [2.24, 2.45) is 0 Å². The third kappa shape index (κ3) is 6.19. The predicted molar refractivity (Wildman–Crippen MR) is 115 cm³/mol. The van der Waals surface area contributed by atoms with Crippen molar-refractivity contribution < 1.29 is 35.9 Å². The summed E-state index contributed by atoms with van der Waals surface area (Å²) in [5, 5.41) is 2.37. The van der Waals surface area contributed by atoms with Gasteiger partial charge in [0.25, 0.3) is 0 Å². The molecule has 0 saturated carbocycles. The van der Waals surface area contributed by atoms with Crippen molar-refractivity contribution in [2.45, 2.75) is 19.1 Å². The fraction of sp³-hybridized carbons (Fsp3) is 0.350. The first-order chi connectivity index (χ1) is 14.8. The van der Waals surface area contributed by atoms with Gasteiger partial charge in [-0.15, -0.1) is 0 Å². The van der Waals surface area contributed by atoms with Crippen LogP contribution in [0.5, 0.6) is 11.5 Å². The zero-order valence-corrected chi connectivity index (χ0v) is 19.2. The number of nitrogens with zero attached hydrogens (tertiary/aromatic N) is 1. The molecule has 176 valence electrons. The van der Waals surface area contributed by atoms with Crippen molar-refractivity contribution in [3.8, 4) is 11.5 Å². The maximum Gasteiger partial charge on any atom is 0.416 e. The Kier molecular flexibility index (Phi) is 7.89. The molecule has 0 spiro atoms.